The Balaban J connectivity index is 2.79. The van der Waals surface area contributed by atoms with Gasteiger partial charge in [-0.3, -0.25) is 4.79 Å². The zero-order chi connectivity index (χ0) is 15.7. The number of piperidine rings is 1. The first-order chi connectivity index (χ1) is 8.92. The summed E-state index contributed by atoms with van der Waals surface area (Å²) in [5.74, 6) is -5.14. The second-order valence-electron chi connectivity index (χ2n) is 5.81. The molecule has 0 spiro atoms. The summed E-state index contributed by atoms with van der Waals surface area (Å²) in [6.45, 7) is 4.23. The first-order valence-electron chi connectivity index (χ1n) is 6.19. The molecule has 0 radical (unpaired) electrons. The lowest BCUT2D eigenvalue weighted by atomic mass is 9.85. The number of ether oxygens (including phenoxy) is 1. The van der Waals surface area contributed by atoms with Gasteiger partial charge < -0.3 is 14.7 Å². The summed E-state index contributed by atoms with van der Waals surface area (Å²) in [7, 11) is 0. The number of alkyl halides is 3. The molecule has 1 aliphatic rings. The Labute approximate surface area is 114 Å². The van der Waals surface area contributed by atoms with E-state index in [1.807, 2.05) is 0 Å². The number of nitrogens with zero attached hydrogens (tertiary/aromatic N) is 1. The summed E-state index contributed by atoms with van der Waals surface area (Å²) < 4.78 is 43.3. The lowest BCUT2D eigenvalue weighted by molar-refractivity contribution is -0.206. The molecular formula is C12H18F3NO4. The minimum Gasteiger partial charge on any atom is -0.481 e. The standard InChI is InChI=1S/C12H18F3NO4/c1-11(2,3)20-10(19)16-5-4-8(12(13,14)15)7(6-16)9(17)18/h7-8H,4-6H2,1-3H3,(H,17,18)/t7-,8-/m0/s1. The van der Waals surface area contributed by atoms with Gasteiger partial charge in [-0.2, -0.15) is 13.2 Å². The first kappa shape index (κ1) is 16.6. The summed E-state index contributed by atoms with van der Waals surface area (Å²) in [4.78, 5) is 23.8. The van der Waals surface area contributed by atoms with Crippen LogP contribution in [0.2, 0.25) is 0 Å². The normalized spacial score (nSPS) is 24.4. The van der Waals surface area contributed by atoms with Gasteiger partial charge in [-0.15, -0.1) is 0 Å². The fourth-order valence-corrected chi connectivity index (χ4v) is 2.09. The second kappa shape index (κ2) is 5.49. The maximum absolute atomic E-state index is 12.8. The van der Waals surface area contributed by atoms with Crippen molar-refractivity contribution in [3.8, 4) is 0 Å². The highest BCUT2D eigenvalue weighted by molar-refractivity contribution is 5.73. The number of carboxylic acids is 1. The Bertz CT molecular complexity index is 389. The van der Waals surface area contributed by atoms with Crippen molar-refractivity contribution in [2.24, 2.45) is 11.8 Å². The quantitative estimate of drug-likeness (QED) is 0.807. The largest absolute Gasteiger partial charge is 0.481 e. The number of carbonyl (C=O) groups excluding carboxylic acids is 1. The van der Waals surface area contributed by atoms with Crippen LogP contribution in [0.1, 0.15) is 27.2 Å². The molecule has 0 aromatic carbocycles. The van der Waals surface area contributed by atoms with Crippen LogP contribution < -0.4 is 0 Å². The van der Waals surface area contributed by atoms with Crippen molar-refractivity contribution >= 4 is 12.1 Å². The molecule has 1 saturated heterocycles. The molecule has 8 heteroatoms. The third-order valence-electron chi connectivity index (χ3n) is 3.00. The Hall–Kier alpha value is -1.47. The minimum atomic E-state index is -4.58. The number of carboxylic acid groups (broad SMARTS) is 1. The molecule has 1 amide bonds. The molecule has 2 atom stereocenters. The van der Waals surface area contributed by atoms with Gasteiger partial charge in [-0.05, 0) is 27.2 Å². The SMILES string of the molecule is CC(C)(C)OC(=O)N1CC[C@H](C(F)(F)F)[C@@H](C(=O)O)C1. The van der Waals surface area contributed by atoms with Crippen LogP contribution in [0.5, 0.6) is 0 Å². The number of halogens is 3. The number of likely N-dealkylation sites (tertiary alicyclic amines) is 1. The van der Waals surface area contributed by atoms with E-state index in [9.17, 15) is 22.8 Å². The van der Waals surface area contributed by atoms with E-state index in [0.29, 0.717) is 0 Å². The van der Waals surface area contributed by atoms with Gasteiger partial charge in [0.2, 0.25) is 0 Å². The average molecular weight is 297 g/mol. The Morgan fingerprint density at radius 2 is 1.80 bits per heavy atom. The van der Waals surface area contributed by atoms with Gasteiger partial charge >= 0.3 is 18.2 Å². The van der Waals surface area contributed by atoms with Crippen molar-refractivity contribution in [2.45, 2.75) is 39.0 Å². The van der Waals surface area contributed by atoms with Crippen LogP contribution in [0.25, 0.3) is 0 Å². The number of hydrogen-bond acceptors (Lipinski definition) is 3. The molecule has 1 rings (SSSR count). The Morgan fingerprint density at radius 1 is 1.25 bits per heavy atom. The van der Waals surface area contributed by atoms with Crippen molar-refractivity contribution in [3.63, 3.8) is 0 Å². The smallest absolute Gasteiger partial charge is 0.410 e. The summed E-state index contributed by atoms with van der Waals surface area (Å²) in [6.07, 6.45) is -5.80. The molecule has 0 aromatic rings. The van der Waals surface area contributed by atoms with Crippen LogP contribution in [0.15, 0.2) is 0 Å². The van der Waals surface area contributed by atoms with Crippen molar-refractivity contribution in [1.82, 2.24) is 4.90 Å². The van der Waals surface area contributed by atoms with Gasteiger partial charge in [0.1, 0.15) is 5.60 Å². The van der Waals surface area contributed by atoms with Crippen molar-refractivity contribution in [1.29, 1.82) is 0 Å². The highest BCUT2D eigenvalue weighted by Gasteiger charge is 2.50. The van der Waals surface area contributed by atoms with Crippen LogP contribution in [0.4, 0.5) is 18.0 Å². The van der Waals surface area contributed by atoms with E-state index in [4.69, 9.17) is 9.84 Å². The summed E-state index contributed by atoms with van der Waals surface area (Å²) in [5.41, 5.74) is -0.781. The molecule has 0 aliphatic carbocycles. The van der Waals surface area contributed by atoms with Gasteiger partial charge in [0.05, 0.1) is 11.8 Å². The van der Waals surface area contributed by atoms with E-state index in [2.05, 4.69) is 0 Å². The van der Waals surface area contributed by atoms with Gasteiger partial charge in [-0.25, -0.2) is 4.79 Å². The highest BCUT2D eigenvalue weighted by atomic mass is 19.4. The highest BCUT2D eigenvalue weighted by Crippen LogP contribution is 2.38. The van der Waals surface area contributed by atoms with Crippen LogP contribution in [0.3, 0.4) is 0 Å². The van der Waals surface area contributed by atoms with Gasteiger partial charge in [0, 0.05) is 13.1 Å². The van der Waals surface area contributed by atoms with Crippen LogP contribution >= 0.6 is 0 Å². The lowest BCUT2D eigenvalue weighted by Gasteiger charge is -2.37. The van der Waals surface area contributed by atoms with Gasteiger partial charge in [0.15, 0.2) is 0 Å². The van der Waals surface area contributed by atoms with Crippen molar-refractivity contribution in [3.05, 3.63) is 0 Å². The third-order valence-corrected chi connectivity index (χ3v) is 3.00. The fraction of sp³-hybridized carbons (Fsp3) is 0.833. The zero-order valence-electron chi connectivity index (χ0n) is 11.5. The van der Waals surface area contributed by atoms with Crippen molar-refractivity contribution in [2.75, 3.05) is 13.1 Å². The average Bonchev–Trinajstić information content (AvgIpc) is 2.24. The van der Waals surface area contributed by atoms with E-state index in [0.717, 1.165) is 4.90 Å². The van der Waals surface area contributed by atoms with Crippen LogP contribution in [-0.4, -0.2) is 46.9 Å². The number of hydrogen-bond donors (Lipinski definition) is 1. The summed E-state index contributed by atoms with van der Waals surface area (Å²) in [5, 5.41) is 8.93. The molecular weight excluding hydrogens is 279 g/mol. The molecule has 1 fully saturated rings. The lowest BCUT2D eigenvalue weighted by Crippen LogP contribution is -2.51. The maximum Gasteiger partial charge on any atom is 0.410 e. The molecule has 5 nitrogen and oxygen atoms in total. The zero-order valence-corrected chi connectivity index (χ0v) is 11.5. The van der Waals surface area contributed by atoms with Crippen LogP contribution in [0, 0.1) is 11.8 Å². The molecule has 0 saturated carbocycles. The number of aliphatic carboxylic acids is 1. The number of rotatable bonds is 1. The molecule has 20 heavy (non-hydrogen) atoms. The second-order valence-corrected chi connectivity index (χ2v) is 5.81. The molecule has 1 aliphatic heterocycles. The number of amides is 1. The first-order valence-corrected chi connectivity index (χ1v) is 6.19. The monoisotopic (exact) mass is 297 g/mol. The molecule has 0 unspecified atom stereocenters. The van der Waals surface area contributed by atoms with E-state index in [-0.39, 0.29) is 6.54 Å². The Kier molecular flexibility index (Phi) is 4.55. The van der Waals surface area contributed by atoms with E-state index in [1.165, 1.54) is 0 Å². The summed E-state index contributed by atoms with van der Waals surface area (Å²) in [6, 6.07) is 0. The molecule has 0 bridgehead atoms. The topological polar surface area (TPSA) is 66.8 Å². The van der Waals surface area contributed by atoms with E-state index < -0.39 is 48.6 Å². The van der Waals surface area contributed by atoms with Gasteiger partial charge in [-0.1, -0.05) is 0 Å². The molecule has 0 aromatic heterocycles. The minimum absolute atomic E-state index is 0.164. The third kappa shape index (κ3) is 4.28. The molecule has 1 heterocycles. The maximum atomic E-state index is 12.8. The van der Waals surface area contributed by atoms with E-state index in [1.54, 1.807) is 20.8 Å². The fourth-order valence-electron chi connectivity index (χ4n) is 2.09. The molecule has 116 valence electrons. The predicted molar refractivity (Wildman–Crippen MR) is 63.1 cm³/mol. The molecule has 1 N–H and O–H groups in total. The predicted octanol–water partition coefficient (Wildman–Crippen LogP) is 2.51. The number of carbonyl (C=O) groups is 2. The Morgan fingerprint density at radius 3 is 2.20 bits per heavy atom. The van der Waals surface area contributed by atoms with E-state index >= 15 is 0 Å². The van der Waals surface area contributed by atoms with Crippen LogP contribution in [-0.2, 0) is 9.53 Å². The summed E-state index contributed by atoms with van der Waals surface area (Å²) >= 11 is 0. The van der Waals surface area contributed by atoms with Crippen molar-refractivity contribution < 1.29 is 32.6 Å². The van der Waals surface area contributed by atoms with Gasteiger partial charge in [0.25, 0.3) is 0 Å².